The van der Waals surface area contributed by atoms with Crippen molar-refractivity contribution < 1.29 is 14.7 Å². The molecule has 1 rings (SSSR count). The van der Waals surface area contributed by atoms with Crippen LogP contribution in [0.5, 0.6) is 0 Å². The number of carboxylic acid groups (broad SMARTS) is 1. The number of hydrogen-bond acceptors (Lipinski definition) is 5. The molecule has 0 aliphatic rings. The second kappa shape index (κ2) is 6.14. The van der Waals surface area contributed by atoms with Gasteiger partial charge in [-0.05, 0) is 5.92 Å². The van der Waals surface area contributed by atoms with Gasteiger partial charge in [-0.3, -0.25) is 5.32 Å². The van der Waals surface area contributed by atoms with E-state index in [1.54, 1.807) is 6.92 Å². The first-order valence-electron chi connectivity index (χ1n) is 5.11. The number of anilines is 1. The second-order valence-corrected chi connectivity index (χ2v) is 4.38. The van der Waals surface area contributed by atoms with E-state index >= 15 is 0 Å². The van der Waals surface area contributed by atoms with Gasteiger partial charge in [0.25, 0.3) is 0 Å². The summed E-state index contributed by atoms with van der Waals surface area (Å²) in [5.41, 5.74) is 1.47. The summed E-state index contributed by atoms with van der Waals surface area (Å²) in [4.78, 5) is 22.5. The number of hydrogen-bond donors (Lipinski definition) is 3. The molecule has 94 valence electrons. The predicted octanol–water partition coefficient (Wildman–Crippen LogP) is 1.16. The van der Waals surface area contributed by atoms with Crippen molar-refractivity contribution in [3.8, 4) is 0 Å². The van der Waals surface area contributed by atoms with Crippen LogP contribution in [0.25, 0.3) is 0 Å². The average Bonchev–Trinajstić information content (AvgIpc) is 2.77. The van der Waals surface area contributed by atoms with Gasteiger partial charge in [-0.25, -0.2) is 9.59 Å². The molecule has 1 aromatic rings. The molecule has 1 heterocycles. The normalized spacial score (nSPS) is 13.8. The summed E-state index contributed by atoms with van der Waals surface area (Å²) in [6.45, 7) is 3.63. The molecule has 2 amide bonds. The van der Waals surface area contributed by atoms with E-state index < -0.39 is 18.0 Å². The van der Waals surface area contributed by atoms with E-state index in [1.807, 2.05) is 6.92 Å². The number of amides is 2. The molecule has 0 radical (unpaired) electrons. The molecule has 0 spiro atoms. The number of aliphatic carboxylic acids is 1. The highest BCUT2D eigenvalue weighted by atomic mass is 32.1. The minimum atomic E-state index is -1.05. The average molecular weight is 258 g/mol. The van der Waals surface area contributed by atoms with Crippen molar-refractivity contribution in [1.29, 1.82) is 0 Å². The number of carbonyl (C=O) groups is 2. The van der Waals surface area contributed by atoms with Crippen molar-refractivity contribution in [2.75, 3.05) is 5.32 Å². The van der Waals surface area contributed by atoms with Crippen molar-refractivity contribution in [3.63, 3.8) is 0 Å². The lowest BCUT2D eigenvalue weighted by molar-refractivity contribution is -0.140. The molecule has 0 aromatic carbocycles. The Morgan fingerprint density at radius 2 is 2.29 bits per heavy atom. The van der Waals surface area contributed by atoms with Crippen LogP contribution in [0.1, 0.15) is 20.3 Å². The third kappa shape index (κ3) is 3.99. The molecule has 0 saturated carbocycles. The van der Waals surface area contributed by atoms with Gasteiger partial charge in [-0.2, -0.15) is 0 Å². The lowest BCUT2D eigenvalue weighted by atomic mass is 10.00. The van der Waals surface area contributed by atoms with Crippen molar-refractivity contribution in [2.45, 2.75) is 26.3 Å². The number of nitrogens with zero attached hydrogens (tertiary/aromatic N) is 2. The molecule has 7 nitrogen and oxygen atoms in total. The van der Waals surface area contributed by atoms with Crippen LogP contribution in [-0.2, 0) is 4.79 Å². The van der Waals surface area contributed by atoms with Gasteiger partial charge in [-0.15, -0.1) is 10.2 Å². The highest BCUT2D eigenvalue weighted by molar-refractivity contribution is 7.13. The highest BCUT2D eigenvalue weighted by Gasteiger charge is 2.25. The summed E-state index contributed by atoms with van der Waals surface area (Å²) in [5, 5.41) is 21.3. The van der Waals surface area contributed by atoms with Gasteiger partial charge in [-0.1, -0.05) is 31.6 Å². The molecule has 2 atom stereocenters. The maximum Gasteiger partial charge on any atom is 0.326 e. The number of rotatable bonds is 5. The van der Waals surface area contributed by atoms with E-state index in [0.717, 1.165) is 11.3 Å². The van der Waals surface area contributed by atoms with Crippen molar-refractivity contribution >= 4 is 28.5 Å². The fourth-order valence-corrected chi connectivity index (χ4v) is 1.63. The number of carboxylic acids is 1. The molecule has 0 fully saturated rings. The van der Waals surface area contributed by atoms with Crippen LogP contribution in [-0.4, -0.2) is 33.3 Å². The number of carbonyl (C=O) groups excluding carboxylic acids is 1. The molecule has 8 heteroatoms. The van der Waals surface area contributed by atoms with E-state index in [4.69, 9.17) is 5.11 Å². The zero-order valence-corrected chi connectivity index (χ0v) is 10.3. The number of aromatic nitrogens is 2. The third-order valence-electron chi connectivity index (χ3n) is 2.35. The maximum atomic E-state index is 11.5. The number of urea groups is 1. The summed E-state index contributed by atoms with van der Waals surface area (Å²) in [5.74, 6) is -1.19. The summed E-state index contributed by atoms with van der Waals surface area (Å²) < 4.78 is 0. The van der Waals surface area contributed by atoms with E-state index in [9.17, 15) is 9.59 Å². The molecule has 0 saturated heterocycles. The standard InChI is InChI=1S/C9H14N4O3S/c1-3-5(2)6(7(14)15)11-8(16)12-9-13-10-4-17-9/h4-6H,3H2,1-2H3,(H,14,15)(H2,11,12,13,16)/t5?,6-/m0/s1. The van der Waals surface area contributed by atoms with Gasteiger partial charge >= 0.3 is 12.0 Å². The zero-order valence-electron chi connectivity index (χ0n) is 9.51. The summed E-state index contributed by atoms with van der Waals surface area (Å²) in [7, 11) is 0. The lowest BCUT2D eigenvalue weighted by Crippen LogP contribution is -2.46. The van der Waals surface area contributed by atoms with Gasteiger partial charge in [0.2, 0.25) is 5.13 Å². The van der Waals surface area contributed by atoms with Crippen LogP contribution in [0.3, 0.4) is 0 Å². The highest BCUT2D eigenvalue weighted by Crippen LogP contribution is 2.10. The molecule has 1 unspecified atom stereocenters. The Morgan fingerprint density at radius 1 is 1.59 bits per heavy atom. The first-order chi connectivity index (χ1) is 8.04. The van der Waals surface area contributed by atoms with E-state index in [2.05, 4.69) is 20.8 Å². The predicted molar refractivity (Wildman–Crippen MR) is 62.9 cm³/mol. The topological polar surface area (TPSA) is 104 Å². The molecule has 0 bridgehead atoms. The lowest BCUT2D eigenvalue weighted by Gasteiger charge is -2.19. The van der Waals surface area contributed by atoms with Crippen LogP contribution < -0.4 is 10.6 Å². The quantitative estimate of drug-likeness (QED) is 0.735. The van der Waals surface area contributed by atoms with Gasteiger partial charge < -0.3 is 10.4 Å². The van der Waals surface area contributed by atoms with E-state index in [-0.39, 0.29) is 5.92 Å². The van der Waals surface area contributed by atoms with Gasteiger partial charge in [0.05, 0.1) is 0 Å². The van der Waals surface area contributed by atoms with Crippen LogP contribution >= 0.6 is 11.3 Å². The maximum absolute atomic E-state index is 11.5. The van der Waals surface area contributed by atoms with Crippen LogP contribution in [0.2, 0.25) is 0 Å². The Kier molecular flexibility index (Phi) is 4.83. The third-order valence-corrected chi connectivity index (χ3v) is 2.95. The van der Waals surface area contributed by atoms with E-state index in [1.165, 1.54) is 5.51 Å². The Balaban J connectivity index is 2.55. The van der Waals surface area contributed by atoms with Gasteiger partial charge in [0.15, 0.2) is 0 Å². The summed E-state index contributed by atoms with van der Waals surface area (Å²) in [6.07, 6.45) is 0.663. The van der Waals surface area contributed by atoms with Crippen LogP contribution in [0, 0.1) is 5.92 Å². The Hall–Kier alpha value is -1.70. The van der Waals surface area contributed by atoms with Gasteiger partial charge in [0, 0.05) is 0 Å². The molecule has 3 N–H and O–H groups in total. The van der Waals surface area contributed by atoms with Crippen molar-refractivity contribution in [3.05, 3.63) is 5.51 Å². The van der Waals surface area contributed by atoms with Crippen LogP contribution in [0.4, 0.5) is 9.93 Å². The summed E-state index contributed by atoms with van der Waals surface area (Å²) in [6, 6.07) is -1.50. The van der Waals surface area contributed by atoms with Gasteiger partial charge in [0.1, 0.15) is 11.6 Å². The SMILES string of the molecule is CCC(C)[C@H](NC(=O)Nc1nncs1)C(=O)O. The monoisotopic (exact) mass is 258 g/mol. The van der Waals surface area contributed by atoms with E-state index in [0.29, 0.717) is 11.6 Å². The molecule has 0 aliphatic carbocycles. The largest absolute Gasteiger partial charge is 0.480 e. The summed E-state index contributed by atoms with van der Waals surface area (Å²) >= 11 is 1.16. The fraction of sp³-hybridized carbons (Fsp3) is 0.556. The Bertz CT molecular complexity index is 382. The Labute approximate surface area is 102 Å². The van der Waals surface area contributed by atoms with Crippen molar-refractivity contribution in [2.24, 2.45) is 5.92 Å². The second-order valence-electron chi connectivity index (χ2n) is 3.54. The molecular weight excluding hydrogens is 244 g/mol. The fourth-order valence-electron chi connectivity index (χ4n) is 1.19. The minimum absolute atomic E-state index is 0.146. The van der Waals surface area contributed by atoms with Crippen molar-refractivity contribution in [1.82, 2.24) is 15.5 Å². The molecular formula is C9H14N4O3S. The zero-order chi connectivity index (χ0) is 12.8. The molecule has 1 aromatic heterocycles. The Morgan fingerprint density at radius 3 is 2.76 bits per heavy atom. The first-order valence-corrected chi connectivity index (χ1v) is 5.99. The molecule has 0 aliphatic heterocycles. The van der Waals surface area contributed by atoms with Crippen LogP contribution in [0.15, 0.2) is 5.51 Å². The smallest absolute Gasteiger partial charge is 0.326 e. The molecule has 17 heavy (non-hydrogen) atoms. The minimum Gasteiger partial charge on any atom is -0.480 e. The first kappa shape index (κ1) is 13.4. The number of nitrogens with one attached hydrogen (secondary N) is 2.